The standard InChI is InChI=1S/C16H17FN2O4S/c1-2-23-16(20)18-14-7-9-15(10-8-14)19-24(21,22)11-12-3-5-13(17)6-4-12/h3-10,19H,2,11H2,1H3,(H,18,20). The summed E-state index contributed by atoms with van der Waals surface area (Å²) in [6.07, 6.45) is -0.581. The largest absolute Gasteiger partial charge is 0.450 e. The molecular weight excluding hydrogens is 335 g/mol. The molecule has 8 heteroatoms. The molecule has 0 aliphatic carbocycles. The molecule has 2 rings (SSSR count). The van der Waals surface area contributed by atoms with Crippen molar-refractivity contribution in [1.82, 2.24) is 0 Å². The molecule has 2 N–H and O–H groups in total. The topological polar surface area (TPSA) is 84.5 Å². The second kappa shape index (κ2) is 7.78. The highest BCUT2D eigenvalue weighted by Gasteiger charge is 2.12. The molecule has 2 aromatic rings. The number of halogens is 1. The van der Waals surface area contributed by atoms with Crippen LogP contribution >= 0.6 is 0 Å². The van der Waals surface area contributed by atoms with Crippen LogP contribution in [0.2, 0.25) is 0 Å². The zero-order valence-corrected chi connectivity index (χ0v) is 13.8. The van der Waals surface area contributed by atoms with Crippen molar-refractivity contribution >= 4 is 27.5 Å². The quantitative estimate of drug-likeness (QED) is 0.835. The lowest BCUT2D eigenvalue weighted by atomic mass is 10.2. The minimum absolute atomic E-state index is 0.257. The van der Waals surface area contributed by atoms with Gasteiger partial charge >= 0.3 is 6.09 Å². The van der Waals surface area contributed by atoms with Crippen molar-refractivity contribution in [1.29, 1.82) is 0 Å². The van der Waals surface area contributed by atoms with Crippen LogP contribution in [0.25, 0.3) is 0 Å². The normalized spacial score (nSPS) is 10.9. The first-order chi connectivity index (χ1) is 11.4. The van der Waals surface area contributed by atoms with E-state index in [0.29, 0.717) is 16.9 Å². The number of hydrogen-bond acceptors (Lipinski definition) is 4. The molecular formula is C16H17FN2O4S. The van der Waals surface area contributed by atoms with Gasteiger partial charge in [-0.25, -0.2) is 17.6 Å². The zero-order valence-electron chi connectivity index (χ0n) is 13.0. The Hall–Kier alpha value is -2.61. The number of carbonyl (C=O) groups is 1. The molecule has 2 aromatic carbocycles. The van der Waals surface area contributed by atoms with Crippen LogP contribution in [0.5, 0.6) is 0 Å². The van der Waals surface area contributed by atoms with E-state index in [2.05, 4.69) is 10.0 Å². The molecule has 0 saturated heterocycles. The summed E-state index contributed by atoms with van der Waals surface area (Å²) in [7, 11) is -3.63. The van der Waals surface area contributed by atoms with Gasteiger partial charge in [0.25, 0.3) is 0 Å². The molecule has 0 radical (unpaired) electrons. The summed E-state index contributed by atoms with van der Waals surface area (Å²) in [4.78, 5) is 11.3. The van der Waals surface area contributed by atoms with E-state index in [4.69, 9.17) is 4.74 Å². The second-order valence-corrected chi connectivity index (χ2v) is 6.63. The molecule has 0 unspecified atom stereocenters. The van der Waals surface area contributed by atoms with Crippen molar-refractivity contribution in [3.63, 3.8) is 0 Å². The smallest absolute Gasteiger partial charge is 0.411 e. The van der Waals surface area contributed by atoms with E-state index in [9.17, 15) is 17.6 Å². The van der Waals surface area contributed by atoms with Crippen LogP contribution in [0.1, 0.15) is 12.5 Å². The summed E-state index contributed by atoms with van der Waals surface area (Å²) in [6, 6.07) is 11.4. The Morgan fingerprint density at radius 3 is 2.21 bits per heavy atom. The second-order valence-electron chi connectivity index (χ2n) is 4.91. The number of anilines is 2. The summed E-state index contributed by atoms with van der Waals surface area (Å²) in [5, 5.41) is 2.50. The number of nitrogens with one attached hydrogen (secondary N) is 2. The van der Waals surface area contributed by atoms with Crippen molar-refractivity contribution in [3.8, 4) is 0 Å². The van der Waals surface area contributed by atoms with Crippen molar-refractivity contribution in [3.05, 3.63) is 59.9 Å². The van der Waals surface area contributed by atoms with Gasteiger partial charge in [0.1, 0.15) is 5.82 Å². The third-order valence-corrected chi connectivity index (χ3v) is 4.21. The van der Waals surface area contributed by atoms with Crippen LogP contribution in [0, 0.1) is 5.82 Å². The van der Waals surface area contributed by atoms with Gasteiger partial charge in [0.15, 0.2) is 0 Å². The van der Waals surface area contributed by atoms with Gasteiger partial charge in [0.05, 0.1) is 12.4 Å². The van der Waals surface area contributed by atoms with E-state index in [1.54, 1.807) is 19.1 Å². The summed E-state index contributed by atoms with van der Waals surface area (Å²) >= 11 is 0. The van der Waals surface area contributed by atoms with Gasteiger partial charge in [0.2, 0.25) is 10.0 Å². The number of ether oxygens (including phenoxy) is 1. The SMILES string of the molecule is CCOC(=O)Nc1ccc(NS(=O)(=O)Cc2ccc(F)cc2)cc1. The average molecular weight is 352 g/mol. The molecule has 6 nitrogen and oxygen atoms in total. The van der Waals surface area contributed by atoms with E-state index in [1.165, 1.54) is 36.4 Å². The Labute approximate surface area is 139 Å². The molecule has 0 aliphatic rings. The van der Waals surface area contributed by atoms with Gasteiger partial charge in [0, 0.05) is 11.4 Å². The number of benzene rings is 2. The third-order valence-electron chi connectivity index (χ3n) is 2.95. The van der Waals surface area contributed by atoms with Crippen molar-refractivity contribution < 1.29 is 22.3 Å². The van der Waals surface area contributed by atoms with Crippen molar-refractivity contribution in [2.24, 2.45) is 0 Å². The highest BCUT2D eigenvalue weighted by atomic mass is 32.2. The van der Waals surface area contributed by atoms with Crippen LogP contribution in [0.3, 0.4) is 0 Å². The predicted molar refractivity (Wildman–Crippen MR) is 89.7 cm³/mol. The highest BCUT2D eigenvalue weighted by molar-refractivity contribution is 7.91. The van der Waals surface area contributed by atoms with Crippen LogP contribution in [0.4, 0.5) is 20.6 Å². The van der Waals surface area contributed by atoms with Crippen molar-refractivity contribution in [2.75, 3.05) is 16.6 Å². The highest BCUT2D eigenvalue weighted by Crippen LogP contribution is 2.17. The summed E-state index contributed by atoms with van der Waals surface area (Å²) in [6.45, 7) is 1.95. The number of rotatable bonds is 6. The molecule has 0 bridgehead atoms. The lowest BCUT2D eigenvalue weighted by Gasteiger charge is -2.09. The minimum atomic E-state index is -3.63. The Balaban J connectivity index is 1.99. The van der Waals surface area contributed by atoms with Gasteiger partial charge in [-0.15, -0.1) is 0 Å². The third kappa shape index (κ3) is 5.54. The van der Waals surface area contributed by atoms with Gasteiger partial charge in [-0.2, -0.15) is 0 Å². The molecule has 0 atom stereocenters. The molecule has 24 heavy (non-hydrogen) atoms. The van der Waals surface area contributed by atoms with Gasteiger partial charge in [-0.3, -0.25) is 10.0 Å². The zero-order chi connectivity index (χ0) is 17.6. The minimum Gasteiger partial charge on any atom is -0.450 e. The van der Waals surface area contributed by atoms with E-state index in [0.717, 1.165) is 0 Å². The van der Waals surface area contributed by atoms with E-state index in [1.807, 2.05) is 0 Å². The Bertz CT molecular complexity index is 790. The maximum Gasteiger partial charge on any atom is 0.411 e. The van der Waals surface area contributed by atoms with Crippen molar-refractivity contribution in [2.45, 2.75) is 12.7 Å². The van der Waals surface area contributed by atoms with Crippen LogP contribution < -0.4 is 10.0 Å². The Morgan fingerprint density at radius 2 is 1.62 bits per heavy atom. The fourth-order valence-electron chi connectivity index (χ4n) is 1.92. The van der Waals surface area contributed by atoms with Gasteiger partial charge < -0.3 is 4.74 Å². The fraction of sp³-hybridized carbons (Fsp3) is 0.188. The summed E-state index contributed by atoms with van der Waals surface area (Å²) in [5.74, 6) is -0.690. The number of amides is 1. The molecule has 1 amide bonds. The monoisotopic (exact) mass is 352 g/mol. The number of sulfonamides is 1. The lowest BCUT2D eigenvalue weighted by Crippen LogP contribution is -2.15. The average Bonchev–Trinajstić information content (AvgIpc) is 2.51. The van der Waals surface area contributed by atoms with Crippen LogP contribution in [0.15, 0.2) is 48.5 Å². The first-order valence-corrected chi connectivity index (χ1v) is 8.82. The van der Waals surface area contributed by atoms with Gasteiger partial charge in [-0.05, 0) is 48.9 Å². The predicted octanol–water partition coefficient (Wildman–Crippen LogP) is 3.34. The maximum atomic E-state index is 12.8. The Kier molecular flexibility index (Phi) is 5.75. The number of hydrogen-bond donors (Lipinski definition) is 2. The molecule has 128 valence electrons. The van der Waals surface area contributed by atoms with Gasteiger partial charge in [-0.1, -0.05) is 12.1 Å². The van der Waals surface area contributed by atoms with E-state index >= 15 is 0 Å². The molecule has 0 fully saturated rings. The first kappa shape index (κ1) is 17.7. The first-order valence-electron chi connectivity index (χ1n) is 7.17. The fourth-order valence-corrected chi connectivity index (χ4v) is 3.12. The summed E-state index contributed by atoms with van der Waals surface area (Å²) < 4.78 is 44.2. The lowest BCUT2D eigenvalue weighted by molar-refractivity contribution is 0.168. The Morgan fingerprint density at radius 1 is 1.04 bits per heavy atom. The molecule has 0 aromatic heterocycles. The molecule has 0 saturated carbocycles. The van der Waals surface area contributed by atoms with Crippen LogP contribution in [-0.4, -0.2) is 21.1 Å². The van der Waals surface area contributed by atoms with E-state index < -0.39 is 21.9 Å². The maximum absolute atomic E-state index is 12.8. The number of carbonyl (C=O) groups excluding carboxylic acids is 1. The van der Waals surface area contributed by atoms with E-state index in [-0.39, 0.29) is 12.4 Å². The molecule has 0 spiro atoms. The summed E-state index contributed by atoms with van der Waals surface area (Å²) in [5.41, 5.74) is 1.31. The molecule has 0 heterocycles. The molecule has 0 aliphatic heterocycles. The van der Waals surface area contributed by atoms with Crippen LogP contribution in [-0.2, 0) is 20.5 Å².